The van der Waals surface area contributed by atoms with Crippen molar-refractivity contribution in [2.75, 3.05) is 39.6 Å². The maximum Gasteiger partial charge on any atom is 0.149 e. The van der Waals surface area contributed by atoms with E-state index in [1.807, 2.05) is 7.05 Å². The van der Waals surface area contributed by atoms with Crippen molar-refractivity contribution in [1.29, 1.82) is 0 Å². The molecule has 5 atom stereocenters. The van der Waals surface area contributed by atoms with Crippen molar-refractivity contribution in [1.82, 2.24) is 15.3 Å². The Kier molecular flexibility index (Phi) is 3.10. The van der Waals surface area contributed by atoms with Crippen LogP contribution in [0.5, 0.6) is 0 Å². The van der Waals surface area contributed by atoms with E-state index < -0.39 is 0 Å². The van der Waals surface area contributed by atoms with Crippen LogP contribution >= 0.6 is 11.8 Å². The first-order chi connectivity index (χ1) is 9.22. The molecule has 4 rings (SSSR count). The SMILES string of the molecule is CNN1C2COC(C2)C1OCC12CSC(CN1C)C2. The van der Waals surface area contributed by atoms with E-state index >= 15 is 0 Å². The van der Waals surface area contributed by atoms with Gasteiger partial charge in [-0.05, 0) is 26.9 Å². The molecule has 4 aliphatic rings. The summed E-state index contributed by atoms with van der Waals surface area (Å²) in [5.41, 5.74) is 3.56. The second-order valence-electron chi connectivity index (χ2n) is 6.34. The van der Waals surface area contributed by atoms with Crippen LogP contribution in [0.1, 0.15) is 12.8 Å². The molecular formula is C13H23N3O2S. The molecule has 108 valence electrons. The number of fused-ring (bicyclic) bond motifs is 4. The number of hydrogen-bond acceptors (Lipinski definition) is 6. The van der Waals surface area contributed by atoms with E-state index in [0.717, 1.165) is 24.9 Å². The Morgan fingerprint density at radius 1 is 1.53 bits per heavy atom. The molecular weight excluding hydrogens is 262 g/mol. The van der Waals surface area contributed by atoms with Gasteiger partial charge in [0.05, 0.1) is 24.8 Å². The Hall–Kier alpha value is 0.150. The highest BCUT2D eigenvalue weighted by Crippen LogP contribution is 2.45. The summed E-state index contributed by atoms with van der Waals surface area (Å²) < 4.78 is 12.1. The number of likely N-dealkylation sites (tertiary alicyclic amines) is 1. The number of nitrogens with one attached hydrogen (secondary N) is 1. The molecule has 0 aromatic heterocycles. The number of hydrazine groups is 1. The minimum atomic E-state index is 0.0937. The van der Waals surface area contributed by atoms with Crippen molar-refractivity contribution in [3.63, 3.8) is 0 Å². The van der Waals surface area contributed by atoms with Crippen LogP contribution < -0.4 is 5.43 Å². The lowest BCUT2D eigenvalue weighted by molar-refractivity contribution is -0.172. The summed E-state index contributed by atoms with van der Waals surface area (Å²) in [7, 11) is 4.23. The molecule has 0 aliphatic carbocycles. The fourth-order valence-corrected chi connectivity index (χ4v) is 5.79. The van der Waals surface area contributed by atoms with Gasteiger partial charge < -0.3 is 9.47 Å². The first-order valence-corrected chi connectivity index (χ1v) is 8.28. The largest absolute Gasteiger partial charge is 0.372 e. The highest BCUT2D eigenvalue weighted by Gasteiger charge is 2.52. The average molecular weight is 285 g/mol. The smallest absolute Gasteiger partial charge is 0.149 e. The standard InChI is InChI=1S/C13H23N3O2S/c1-14-16-9-3-11(17-6-9)12(16)18-7-13-4-10(19-8-13)5-15(13)2/h9-12,14H,3-8H2,1-2H3. The number of likely N-dealkylation sites (N-methyl/N-ethyl adjacent to an activating group) is 1. The minimum Gasteiger partial charge on any atom is -0.372 e. The highest BCUT2D eigenvalue weighted by atomic mass is 32.2. The van der Waals surface area contributed by atoms with Gasteiger partial charge in [-0.25, -0.2) is 5.01 Å². The van der Waals surface area contributed by atoms with E-state index in [1.54, 1.807) is 0 Å². The summed E-state index contributed by atoms with van der Waals surface area (Å²) in [6, 6.07) is 0.490. The zero-order valence-corrected chi connectivity index (χ0v) is 12.5. The van der Waals surface area contributed by atoms with Crippen LogP contribution in [-0.2, 0) is 9.47 Å². The molecule has 4 aliphatic heterocycles. The number of thioether (sulfide) groups is 1. The fourth-order valence-electron chi connectivity index (χ4n) is 4.06. The van der Waals surface area contributed by atoms with Gasteiger partial charge in [-0.3, -0.25) is 10.3 Å². The van der Waals surface area contributed by atoms with Crippen LogP contribution in [-0.4, -0.2) is 78.7 Å². The van der Waals surface area contributed by atoms with E-state index in [-0.39, 0.29) is 17.9 Å². The van der Waals surface area contributed by atoms with Crippen molar-refractivity contribution in [2.45, 2.75) is 42.0 Å². The molecule has 0 saturated carbocycles. The summed E-state index contributed by atoms with van der Waals surface area (Å²) in [5, 5.41) is 3.07. The number of morpholine rings is 1. The molecule has 0 amide bonds. The van der Waals surface area contributed by atoms with Gasteiger partial charge in [0.2, 0.25) is 0 Å². The topological polar surface area (TPSA) is 37.0 Å². The van der Waals surface area contributed by atoms with Crippen LogP contribution in [0.2, 0.25) is 0 Å². The third-order valence-corrected chi connectivity index (χ3v) is 6.75. The number of nitrogens with zero attached hydrogens (tertiary/aromatic N) is 2. The Morgan fingerprint density at radius 3 is 3.11 bits per heavy atom. The number of rotatable bonds is 4. The lowest BCUT2D eigenvalue weighted by Crippen LogP contribution is -2.55. The molecule has 4 fully saturated rings. The first-order valence-electron chi connectivity index (χ1n) is 7.24. The van der Waals surface area contributed by atoms with Gasteiger partial charge in [0.1, 0.15) is 12.3 Å². The Labute approximate surface area is 118 Å². The van der Waals surface area contributed by atoms with Gasteiger partial charge in [-0.2, -0.15) is 11.8 Å². The predicted octanol–water partition coefficient (Wildman–Crippen LogP) is 0.126. The van der Waals surface area contributed by atoms with Crippen LogP contribution in [0.3, 0.4) is 0 Å². The molecule has 4 heterocycles. The van der Waals surface area contributed by atoms with E-state index in [4.69, 9.17) is 9.47 Å². The molecule has 1 N–H and O–H groups in total. The molecule has 19 heavy (non-hydrogen) atoms. The zero-order valence-electron chi connectivity index (χ0n) is 11.7. The van der Waals surface area contributed by atoms with Gasteiger partial charge in [-0.1, -0.05) is 0 Å². The molecule has 4 saturated heterocycles. The van der Waals surface area contributed by atoms with Crippen molar-refractivity contribution >= 4 is 11.8 Å². The number of ether oxygens (including phenoxy) is 2. The van der Waals surface area contributed by atoms with Gasteiger partial charge in [0, 0.05) is 17.5 Å². The second-order valence-corrected chi connectivity index (χ2v) is 7.62. The summed E-state index contributed by atoms with van der Waals surface area (Å²) in [6.45, 7) is 2.90. The predicted molar refractivity (Wildman–Crippen MR) is 75.0 cm³/mol. The highest BCUT2D eigenvalue weighted by molar-refractivity contribution is 8.00. The molecule has 5 unspecified atom stereocenters. The molecule has 4 bridgehead atoms. The van der Waals surface area contributed by atoms with E-state index in [2.05, 4.69) is 34.1 Å². The fraction of sp³-hybridized carbons (Fsp3) is 1.00. The van der Waals surface area contributed by atoms with Crippen molar-refractivity contribution in [3.8, 4) is 0 Å². The summed E-state index contributed by atoms with van der Waals surface area (Å²) in [6.07, 6.45) is 2.74. The van der Waals surface area contributed by atoms with Crippen molar-refractivity contribution < 1.29 is 9.47 Å². The second kappa shape index (κ2) is 4.58. The van der Waals surface area contributed by atoms with E-state index in [0.29, 0.717) is 6.04 Å². The molecule has 5 nitrogen and oxygen atoms in total. The normalized spacial score (nSPS) is 49.6. The Balaban J connectivity index is 1.42. The van der Waals surface area contributed by atoms with Gasteiger partial charge in [0.25, 0.3) is 0 Å². The molecule has 0 spiro atoms. The van der Waals surface area contributed by atoms with Crippen LogP contribution in [0.25, 0.3) is 0 Å². The summed E-state index contributed by atoms with van der Waals surface area (Å²) in [5.74, 6) is 1.22. The van der Waals surface area contributed by atoms with Gasteiger partial charge in [0.15, 0.2) is 0 Å². The zero-order chi connectivity index (χ0) is 13.0. The lowest BCUT2D eigenvalue weighted by atomic mass is 10.0. The van der Waals surface area contributed by atoms with Crippen LogP contribution in [0.4, 0.5) is 0 Å². The third kappa shape index (κ3) is 1.88. The Bertz CT molecular complexity index is 372. The molecule has 6 heteroatoms. The summed E-state index contributed by atoms with van der Waals surface area (Å²) >= 11 is 2.12. The summed E-state index contributed by atoms with van der Waals surface area (Å²) in [4.78, 5) is 2.51. The monoisotopic (exact) mass is 285 g/mol. The van der Waals surface area contributed by atoms with Crippen molar-refractivity contribution in [3.05, 3.63) is 0 Å². The molecule has 0 aromatic carbocycles. The molecule has 0 aromatic rings. The average Bonchev–Trinajstić information content (AvgIpc) is 3.14. The third-order valence-electron chi connectivity index (χ3n) is 5.26. The van der Waals surface area contributed by atoms with Crippen LogP contribution in [0, 0.1) is 0 Å². The maximum atomic E-state index is 6.30. The van der Waals surface area contributed by atoms with E-state index in [1.165, 1.54) is 18.7 Å². The quantitative estimate of drug-likeness (QED) is 0.791. The Morgan fingerprint density at radius 2 is 2.42 bits per heavy atom. The van der Waals surface area contributed by atoms with Gasteiger partial charge >= 0.3 is 0 Å². The minimum absolute atomic E-state index is 0.0937. The first kappa shape index (κ1) is 12.9. The van der Waals surface area contributed by atoms with Crippen molar-refractivity contribution in [2.24, 2.45) is 0 Å². The van der Waals surface area contributed by atoms with E-state index in [9.17, 15) is 0 Å². The lowest BCUT2D eigenvalue weighted by Gasteiger charge is -2.39. The maximum absolute atomic E-state index is 6.30. The molecule has 0 radical (unpaired) electrons. The van der Waals surface area contributed by atoms with Gasteiger partial charge in [-0.15, -0.1) is 0 Å². The van der Waals surface area contributed by atoms with Crippen LogP contribution in [0.15, 0.2) is 0 Å². The number of hydrogen-bond donors (Lipinski definition) is 1.